The van der Waals surface area contributed by atoms with Crippen LogP contribution in [0.4, 0.5) is 0 Å². The maximum absolute atomic E-state index is 12.3. The smallest absolute Gasteiger partial charge is 0.233 e. The predicted octanol–water partition coefficient (Wildman–Crippen LogP) is 1.53. The number of nitrogens with zero attached hydrogens (tertiary/aromatic N) is 2. The van der Waals surface area contributed by atoms with Crippen LogP contribution in [0, 0.1) is 0 Å². The zero-order valence-corrected chi connectivity index (χ0v) is 11.7. The van der Waals surface area contributed by atoms with Crippen LogP contribution in [0.25, 0.3) is 0 Å². The largest absolute Gasteiger partial charge is 0.340 e. The van der Waals surface area contributed by atoms with Crippen molar-refractivity contribution in [3.8, 4) is 0 Å². The second-order valence-electron chi connectivity index (χ2n) is 5.22. The fourth-order valence-corrected chi connectivity index (χ4v) is 3.59. The molecule has 0 aliphatic carbocycles. The van der Waals surface area contributed by atoms with Crippen molar-refractivity contribution >= 4 is 17.7 Å². The van der Waals surface area contributed by atoms with E-state index in [1.807, 2.05) is 23.1 Å². The maximum Gasteiger partial charge on any atom is 0.233 e. The average Bonchev–Trinajstić information content (AvgIpc) is 2.77. The highest BCUT2D eigenvalue weighted by Crippen LogP contribution is 2.21. The molecule has 1 amide bonds. The average molecular weight is 277 g/mol. The fraction of sp³-hybridized carbons (Fsp3) is 0.571. The number of carbonyl (C=O) groups excluding carboxylic acids is 1. The van der Waals surface area contributed by atoms with E-state index in [4.69, 9.17) is 0 Å². The van der Waals surface area contributed by atoms with Gasteiger partial charge in [0.05, 0.1) is 10.8 Å². The third kappa shape index (κ3) is 3.28. The first-order valence-electron chi connectivity index (χ1n) is 6.89. The van der Waals surface area contributed by atoms with E-state index < -0.39 is 0 Å². The van der Waals surface area contributed by atoms with Crippen molar-refractivity contribution in [3.05, 3.63) is 24.4 Å². The van der Waals surface area contributed by atoms with Gasteiger partial charge in [-0.15, -0.1) is 0 Å². The van der Waals surface area contributed by atoms with Crippen LogP contribution >= 0.6 is 11.8 Å². The highest BCUT2D eigenvalue weighted by atomic mass is 32.2. The first-order valence-corrected chi connectivity index (χ1v) is 7.87. The summed E-state index contributed by atoms with van der Waals surface area (Å²) in [6.07, 6.45) is 5.34. The third-order valence-electron chi connectivity index (χ3n) is 3.86. The Labute approximate surface area is 118 Å². The van der Waals surface area contributed by atoms with Crippen LogP contribution in [0.15, 0.2) is 29.4 Å². The van der Waals surface area contributed by atoms with Crippen molar-refractivity contribution < 1.29 is 4.79 Å². The summed E-state index contributed by atoms with van der Waals surface area (Å²) < 4.78 is 0. The van der Waals surface area contributed by atoms with E-state index in [0.717, 1.165) is 24.5 Å². The summed E-state index contributed by atoms with van der Waals surface area (Å²) >= 11 is 1.53. The van der Waals surface area contributed by atoms with E-state index in [-0.39, 0.29) is 5.91 Å². The summed E-state index contributed by atoms with van der Waals surface area (Å²) in [5, 5.41) is 4.52. The molecule has 5 heteroatoms. The molecule has 0 spiro atoms. The van der Waals surface area contributed by atoms with Gasteiger partial charge in [-0.2, -0.15) is 0 Å². The molecule has 2 atom stereocenters. The van der Waals surface area contributed by atoms with E-state index >= 15 is 0 Å². The van der Waals surface area contributed by atoms with Crippen LogP contribution in [-0.4, -0.2) is 46.7 Å². The molecule has 0 aromatic carbocycles. The normalized spacial score (nSPS) is 26.2. The summed E-state index contributed by atoms with van der Waals surface area (Å²) in [7, 11) is 0. The van der Waals surface area contributed by atoms with Gasteiger partial charge in [-0.05, 0) is 31.4 Å². The van der Waals surface area contributed by atoms with E-state index in [0.29, 0.717) is 17.8 Å². The summed E-state index contributed by atoms with van der Waals surface area (Å²) in [5.41, 5.74) is 0. The van der Waals surface area contributed by atoms with E-state index in [2.05, 4.69) is 10.3 Å². The molecule has 1 aromatic heterocycles. The van der Waals surface area contributed by atoms with Gasteiger partial charge in [0.25, 0.3) is 0 Å². The van der Waals surface area contributed by atoms with Crippen molar-refractivity contribution in [1.29, 1.82) is 0 Å². The van der Waals surface area contributed by atoms with Crippen molar-refractivity contribution in [1.82, 2.24) is 15.2 Å². The van der Waals surface area contributed by atoms with Gasteiger partial charge in [0, 0.05) is 31.4 Å². The Morgan fingerprint density at radius 2 is 2.26 bits per heavy atom. The Morgan fingerprint density at radius 3 is 3.11 bits per heavy atom. The number of likely N-dealkylation sites (tertiary alicyclic amines) is 1. The van der Waals surface area contributed by atoms with Crippen molar-refractivity contribution in [2.24, 2.45) is 0 Å². The molecule has 2 saturated heterocycles. The zero-order valence-electron chi connectivity index (χ0n) is 10.9. The molecule has 2 bridgehead atoms. The van der Waals surface area contributed by atoms with Gasteiger partial charge in [-0.1, -0.05) is 17.8 Å². The van der Waals surface area contributed by atoms with Crippen LogP contribution in [0.5, 0.6) is 0 Å². The molecular weight excluding hydrogens is 258 g/mol. The molecule has 3 rings (SSSR count). The second kappa shape index (κ2) is 5.92. The molecule has 4 nitrogen and oxygen atoms in total. The topological polar surface area (TPSA) is 45.2 Å². The molecule has 19 heavy (non-hydrogen) atoms. The van der Waals surface area contributed by atoms with Crippen LogP contribution in [0.3, 0.4) is 0 Å². The molecule has 0 radical (unpaired) electrons. The van der Waals surface area contributed by atoms with Gasteiger partial charge in [0.1, 0.15) is 0 Å². The fourth-order valence-electron chi connectivity index (χ4n) is 2.83. The zero-order chi connectivity index (χ0) is 13.1. The minimum atomic E-state index is 0.241. The summed E-state index contributed by atoms with van der Waals surface area (Å²) in [6.45, 7) is 1.77. The number of hydrogen-bond donors (Lipinski definition) is 1. The monoisotopic (exact) mass is 277 g/mol. The minimum Gasteiger partial charge on any atom is -0.340 e. The Hall–Kier alpha value is -1.07. The number of amides is 1. The number of aromatic nitrogens is 1. The number of rotatable bonds is 3. The van der Waals surface area contributed by atoms with Crippen molar-refractivity contribution in [2.45, 2.75) is 36.4 Å². The third-order valence-corrected chi connectivity index (χ3v) is 4.79. The molecule has 3 heterocycles. The lowest BCUT2D eigenvalue weighted by atomic mass is 10.1. The molecule has 0 saturated carbocycles. The molecule has 102 valence electrons. The lowest BCUT2D eigenvalue weighted by Crippen LogP contribution is -2.39. The summed E-state index contributed by atoms with van der Waals surface area (Å²) in [6, 6.07) is 6.93. The molecule has 2 aliphatic heterocycles. The Balaban J connectivity index is 1.52. The number of fused-ring (bicyclic) bond motifs is 2. The minimum absolute atomic E-state index is 0.241. The molecule has 1 aromatic rings. The van der Waals surface area contributed by atoms with Gasteiger partial charge >= 0.3 is 0 Å². The van der Waals surface area contributed by atoms with E-state index in [1.54, 1.807) is 6.20 Å². The number of hydrogen-bond acceptors (Lipinski definition) is 4. The van der Waals surface area contributed by atoms with Crippen molar-refractivity contribution in [2.75, 3.05) is 18.8 Å². The van der Waals surface area contributed by atoms with Gasteiger partial charge in [0.15, 0.2) is 0 Å². The Kier molecular flexibility index (Phi) is 4.03. The Morgan fingerprint density at radius 1 is 1.37 bits per heavy atom. The molecule has 0 unspecified atom stereocenters. The van der Waals surface area contributed by atoms with Crippen LogP contribution < -0.4 is 5.32 Å². The van der Waals surface area contributed by atoms with E-state index in [1.165, 1.54) is 24.6 Å². The lowest BCUT2D eigenvalue weighted by molar-refractivity contribution is -0.128. The summed E-state index contributed by atoms with van der Waals surface area (Å²) in [4.78, 5) is 18.5. The van der Waals surface area contributed by atoms with Gasteiger partial charge in [-0.25, -0.2) is 4.98 Å². The van der Waals surface area contributed by atoms with Gasteiger partial charge < -0.3 is 10.2 Å². The number of nitrogens with one attached hydrogen (secondary N) is 1. The number of thioether (sulfide) groups is 1. The SMILES string of the molecule is O=C(CSc1ccccn1)N1CC[C@H]2CC[C@@H](C1)N2. The molecular formula is C14H19N3OS. The highest BCUT2D eigenvalue weighted by Gasteiger charge is 2.30. The first kappa shape index (κ1) is 12.9. The number of carbonyl (C=O) groups is 1. The molecule has 1 N–H and O–H groups in total. The second-order valence-corrected chi connectivity index (χ2v) is 6.22. The summed E-state index contributed by atoms with van der Waals surface area (Å²) in [5.74, 6) is 0.735. The molecule has 2 fully saturated rings. The standard InChI is InChI=1S/C14H19N3OS/c18-14(10-19-13-3-1-2-7-15-13)17-8-6-11-4-5-12(9-17)16-11/h1-3,7,11-12,16H,4-6,8-10H2/t11-,12+/m1/s1. The van der Waals surface area contributed by atoms with Gasteiger partial charge in [0.2, 0.25) is 5.91 Å². The predicted molar refractivity (Wildman–Crippen MR) is 76.1 cm³/mol. The van der Waals surface area contributed by atoms with Crippen LogP contribution in [0.1, 0.15) is 19.3 Å². The van der Waals surface area contributed by atoms with Gasteiger partial charge in [-0.3, -0.25) is 4.79 Å². The number of pyridine rings is 1. The van der Waals surface area contributed by atoms with Crippen molar-refractivity contribution in [3.63, 3.8) is 0 Å². The van der Waals surface area contributed by atoms with Crippen LogP contribution in [0.2, 0.25) is 0 Å². The lowest BCUT2D eigenvalue weighted by Gasteiger charge is -2.24. The highest BCUT2D eigenvalue weighted by molar-refractivity contribution is 7.99. The molecule has 2 aliphatic rings. The first-order chi connectivity index (χ1) is 9.31. The van der Waals surface area contributed by atoms with E-state index in [9.17, 15) is 4.79 Å². The quantitative estimate of drug-likeness (QED) is 0.851. The van der Waals surface area contributed by atoms with Crippen LogP contribution in [-0.2, 0) is 4.79 Å². The Bertz CT molecular complexity index is 440. The maximum atomic E-state index is 12.3.